The van der Waals surface area contributed by atoms with Gasteiger partial charge in [0.1, 0.15) is 18.2 Å². The first-order valence-corrected chi connectivity index (χ1v) is 13.0. The van der Waals surface area contributed by atoms with E-state index in [1.807, 2.05) is 67.1 Å². The number of carbonyl (C=O) groups is 2. The summed E-state index contributed by atoms with van der Waals surface area (Å²) in [7, 11) is 0. The quantitative estimate of drug-likeness (QED) is 0.234. The molecule has 3 aromatic carbocycles. The summed E-state index contributed by atoms with van der Waals surface area (Å²) in [6.07, 6.45) is 1.94. The largest absolute Gasteiger partial charge is 0.345 e. The van der Waals surface area contributed by atoms with Crippen molar-refractivity contribution < 1.29 is 18.4 Å². The van der Waals surface area contributed by atoms with E-state index in [9.17, 15) is 18.4 Å². The molecule has 0 bridgehead atoms. The van der Waals surface area contributed by atoms with E-state index in [4.69, 9.17) is 0 Å². The van der Waals surface area contributed by atoms with Crippen molar-refractivity contribution in [3.05, 3.63) is 131 Å². The lowest BCUT2D eigenvalue weighted by Gasteiger charge is -2.29. The molecule has 7 heteroatoms. The Morgan fingerprint density at radius 2 is 1.38 bits per heavy atom. The van der Waals surface area contributed by atoms with Gasteiger partial charge in [-0.1, -0.05) is 56.3 Å². The van der Waals surface area contributed by atoms with Crippen LogP contribution >= 0.6 is 0 Å². The third-order valence-corrected chi connectivity index (χ3v) is 6.40. The van der Waals surface area contributed by atoms with Crippen LogP contribution in [0.5, 0.6) is 0 Å². The van der Waals surface area contributed by atoms with Crippen LogP contribution in [0.1, 0.15) is 41.0 Å². The van der Waals surface area contributed by atoms with Crippen LogP contribution < -0.4 is 0 Å². The van der Waals surface area contributed by atoms with Crippen molar-refractivity contribution in [1.29, 1.82) is 0 Å². The minimum absolute atomic E-state index is 0.0973. The van der Waals surface area contributed by atoms with Crippen LogP contribution in [0.2, 0.25) is 0 Å². The topological polar surface area (TPSA) is 45.6 Å². The second kappa shape index (κ2) is 13.0. The highest BCUT2D eigenvalue weighted by Gasteiger charge is 2.24. The summed E-state index contributed by atoms with van der Waals surface area (Å²) in [5.41, 5.74) is 3.18. The molecule has 202 valence electrons. The molecule has 5 nitrogen and oxygen atoms in total. The Bertz CT molecular complexity index is 1370. The molecule has 0 radical (unpaired) electrons. The molecule has 1 heterocycles. The number of carbonyl (C=O) groups excluding carboxylic acids is 2. The molecule has 0 saturated carbocycles. The van der Waals surface area contributed by atoms with Gasteiger partial charge in [-0.3, -0.25) is 9.59 Å². The lowest BCUT2D eigenvalue weighted by atomic mass is 10.1. The summed E-state index contributed by atoms with van der Waals surface area (Å²) in [5, 5.41) is 0. The SMILES string of the molecule is CC(C)CN(CC(=O)N(Cc1ccccc1)Cc1cccn1Cc1ccc(F)cc1)C(=O)c1ccc(F)cc1. The average molecular weight is 530 g/mol. The maximum absolute atomic E-state index is 13.8. The second-order valence-corrected chi connectivity index (χ2v) is 10.1. The molecule has 2 amide bonds. The number of nitrogens with zero attached hydrogens (tertiary/aromatic N) is 3. The van der Waals surface area contributed by atoms with Crippen LogP contribution in [0.25, 0.3) is 0 Å². The number of halogens is 2. The summed E-state index contributed by atoms with van der Waals surface area (Å²) < 4.78 is 28.9. The molecule has 1 aromatic heterocycles. The Kier molecular flexibility index (Phi) is 9.26. The normalized spacial score (nSPS) is 11.0. The van der Waals surface area contributed by atoms with Gasteiger partial charge in [0.25, 0.3) is 5.91 Å². The van der Waals surface area contributed by atoms with Crippen LogP contribution in [-0.4, -0.2) is 39.3 Å². The van der Waals surface area contributed by atoms with E-state index >= 15 is 0 Å². The summed E-state index contributed by atoms with van der Waals surface area (Å²) in [6.45, 7) is 5.52. The zero-order chi connectivity index (χ0) is 27.8. The highest BCUT2D eigenvalue weighted by Crippen LogP contribution is 2.16. The zero-order valence-corrected chi connectivity index (χ0v) is 22.3. The number of amides is 2. The first-order valence-electron chi connectivity index (χ1n) is 13.0. The number of benzene rings is 3. The maximum Gasteiger partial charge on any atom is 0.254 e. The van der Waals surface area contributed by atoms with Gasteiger partial charge in [-0.05, 0) is 65.6 Å². The molecule has 0 spiro atoms. The van der Waals surface area contributed by atoms with E-state index in [-0.39, 0.29) is 30.1 Å². The van der Waals surface area contributed by atoms with E-state index in [2.05, 4.69) is 0 Å². The van der Waals surface area contributed by atoms with Crippen molar-refractivity contribution in [3.8, 4) is 0 Å². The predicted molar refractivity (Wildman–Crippen MR) is 148 cm³/mol. The fraction of sp³-hybridized carbons (Fsp3) is 0.250. The van der Waals surface area contributed by atoms with Gasteiger partial charge in [0, 0.05) is 37.1 Å². The fourth-order valence-corrected chi connectivity index (χ4v) is 4.46. The summed E-state index contributed by atoms with van der Waals surface area (Å²) in [4.78, 5) is 30.4. The van der Waals surface area contributed by atoms with Gasteiger partial charge < -0.3 is 14.4 Å². The predicted octanol–water partition coefficient (Wildman–Crippen LogP) is 6.14. The summed E-state index contributed by atoms with van der Waals surface area (Å²) in [5.74, 6) is -1.07. The molecule has 4 aromatic rings. The molecular weight excluding hydrogens is 496 g/mol. The van der Waals surface area contributed by atoms with Gasteiger partial charge in [-0.25, -0.2) is 8.78 Å². The fourth-order valence-electron chi connectivity index (χ4n) is 4.46. The molecule has 39 heavy (non-hydrogen) atoms. The van der Waals surface area contributed by atoms with E-state index in [1.54, 1.807) is 17.0 Å². The second-order valence-electron chi connectivity index (χ2n) is 10.1. The van der Waals surface area contributed by atoms with E-state index in [0.717, 1.165) is 16.8 Å². The van der Waals surface area contributed by atoms with Crippen LogP contribution in [0, 0.1) is 17.6 Å². The van der Waals surface area contributed by atoms with Gasteiger partial charge in [-0.15, -0.1) is 0 Å². The van der Waals surface area contributed by atoms with Crippen molar-refractivity contribution in [1.82, 2.24) is 14.4 Å². The minimum atomic E-state index is -0.421. The van der Waals surface area contributed by atoms with Gasteiger partial charge in [0.05, 0.1) is 6.54 Å². The summed E-state index contributed by atoms with van der Waals surface area (Å²) in [6, 6.07) is 25.4. The van der Waals surface area contributed by atoms with E-state index in [1.165, 1.54) is 41.3 Å². The van der Waals surface area contributed by atoms with Crippen LogP contribution in [0.4, 0.5) is 8.78 Å². The molecule has 0 fully saturated rings. The number of aromatic nitrogens is 1. The molecule has 0 aliphatic carbocycles. The number of hydrogen-bond acceptors (Lipinski definition) is 2. The Hall–Kier alpha value is -4.26. The standard InChI is InChI=1S/C32H33F2N3O2/c1-24(2)19-37(32(39)27-12-16-29(34)17-13-27)23-31(38)36(21-25-7-4-3-5-8-25)22-30-9-6-18-35(30)20-26-10-14-28(33)15-11-26/h3-18,24H,19-23H2,1-2H3. The van der Waals surface area contributed by atoms with Crippen molar-refractivity contribution in [2.75, 3.05) is 13.1 Å². The first kappa shape index (κ1) is 27.8. The van der Waals surface area contributed by atoms with E-state index < -0.39 is 5.82 Å². The van der Waals surface area contributed by atoms with Crippen molar-refractivity contribution in [2.24, 2.45) is 5.92 Å². The number of rotatable bonds is 11. The van der Waals surface area contributed by atoms with Crippen molar-refractivity contribution in [3.63, 3.8) is 0 Å². The third kappa shape index (κ3) is 7.87. The molecule has 0 atom stereocenters. The summed E-state index contributed by atoms with van der Waals surface area (Å²) >= 11 is 0. The lowest BCUT2D eigenvalue weighted by molar-refractivity contribution is -0.133. The zero-order valence-electron chi connectivity index (χ0n) is 22.3. The monoisotopic (exact) mass is 529 g/mol. The lowest BCUT2D eigenvalue weighted by Crippen LogP contribution is -2.44. The molecule has 0 unspecified atom stereocenters. The molecule has 4 rings (SSSR count). The van der Waals surface area contributed by atoms with E-state index in [0.29, 0.717) is 31.7 Å². The Balaban J connectivity index is 1.56. The van der Waals surface area contributed by atoms with Gasteiger partial charge >= 0.3 is 0 Å². The maximum atomic E-state index is 13.8. The molecule has 0 aliphatic rings. The smallest absolute Gasteiger partial charge is 0.254 e. The van der Waals surface area contributed by atoms with Crippen LogP contribution in [0.3, 0.4) is 0 Å². The average Bonchev–Trinajstić information content (AvgIpc) is 3.36. The Labute approximate surface area is 228 Å². The Morgan fingerprint density at radius 3 is 2.03 bits per heavy atom. The van der Waals surface area contributed by atoms with Gasteiger partial charge in [-0.2, -0.15) is 0 Å². The molecule has 0 aliphatic heterocycles. The minimum Gasteiger partial charge on any atom is -0.345 e. The van der Waals surface area contributed by atoms with Gasteiger partial charge in [0.15, 0.2) is 0 Å². The molecule has 0 N–H and O–H groups in total. The van der Waals surface area contributed by atoms with Crippen molar-refractivity contribution >= 4 is 11.8 Å². The van der Waals surface area contributed by atoms with Gasteiger partial charge in [0.2, 0.25) is 5.91 Å². The van der Waals surface area contributed by atoms with Crippen LogP contribution in [0.15, 0.2) is 97.2 Å². The first-order chi connectivity index (χ1) is 18.8. The highest BCUT2D eigenvalue weighted by molar-refractivity contribution is 5.96. The third-order valence-electron chi connectivity index (χ3n) is 6.40. The molecule has 0 saturated heterocycles. The van der Waals surface area contributed by atoms with Crippen molar-refractivity contribution in [2.45, 2.75) is 33.5 Å². The Morgan fingerprint density at radius 1 is 0.744 bits per heavy atom. The molecular formula is C32H33F2N3O2. The van der Waals surface area contributed by atoms with Crippen LogP contribution in [-0.2, 0) is 24.4 Å². The number of hydrogen-bond donors (Lipinski definition) is 0. The highest BCUT2D eigenvalue weighted by atomic mass is 19.1.